The number of anilines is 1. The number of halogens is 2. The van der Waals surface area contributed by atoms with Gasteiger partial charge in [0.25, 0.3) is 5.56 Å². The van der Waals surface area contributed by atoms with Crippen LogP contribution in [0, 0.1) is 5.92 Å². The van der Waals surface area contributed by atoms with Gasteiger partial charge in [0.1, 0.15) is 5.82 Å². The molecule has 192 valence electrons. The standard InChI is InChI=1S/C27H18Cl2N8O2/c28-14-2-4-20(36-11-23(29)33-35-36)16(8-14)13-5-21-17-9-18(17)25(37(21)24(38)7-13)27-31-10-19(32-27)12-1-3-15-22(6-12)39-34-26(15)30/h1-8,10-11,17-18,25H,9H2,(H2,30,34)(H,31,32). The Morgan fingerprint density at radius 3 is 2.82 bits per heavy atom. The lowest BCUT2D eigenvalue weighted by Crippen LogP contribution is -2.26. The number of H-pyrrole nitrogens is 1. The zero-order chi connectivity index (χ0) is 26.4. The number of aromatic amines is 1. The third-order valence-corrected chi connectivity index (χ3v) is 8.08. The van der Waals surface area contributed by atoms with E-state index >= 15 is 0 Å². The normalized spacial score (nSPS) is 19.4. The highest BCUT2D eigenvalue weighted by atomic mass is 35.5. The number of imidazole rings is 1. The molecule has 0 saturated heterocycles. The molecule has 2 aromatic carbocycles. The molecule has 1 saturated carbocycles. The summed E-state index contributed by atoms with van der Waals surface area (Å²) in [5.41, 5.74) is 11.3. The third-order valence-electron chi connectivity index (χ3n) is 7.67. The maximum Gasteiger partial charge on any atom is 0.252 e. The molecule has 3 N–H and O–H groups in total. The summed E-state index contributed by atoms with van der Waals surface area (Å²) in [7, 11) is 0. The fraction of sp³-hybridized carbons (Fsp3) is 0.148. The van der Waals surface area contributed by atoms with Gasteiger partial charge in [-0.1, -0.05) is 39.6 Å². The van der Waals surface area contributed by atoms with Crippen molar-refractivity contribution in [3.8, 4) is 28.1 Å². The number of aromatic nitrogens is 7. The van der Waals surface area contributed by atoms with Crippen LogP contribution in [0.3, 0.4) is 0 Å². The van der Waals surface area contributed by atoms with Crippen LogP contribution in [0.1, 0.15) is 29.9 Å². The van der Waals surface area contributed by atoms with Gasteiger partial charge in [0.2, 0.25) is 0 Å². The molecule has 0 amide bonds. The smallest absolute Gasteiger partial charge is 0.252 e. The van der Waals surface area contributed by atoms with Crippen molar-refractivity contribution in [2.75, 3.05) is 5.73 Å². The number of rotatable bonds is 4. The molecule has 4 aromatic heterocycles. The van der Waals surface area contributed by atoms with E-state index in [4.69, 9.17) is 38.4 Å². The summed E-state index contributed by atoms with van der Waals surface area (Å²) in [6.45, 7) is 0. The van der Waals surface area contributed by atoms with Crippen molar-refractivity contribution in [2.24, 2.45) is 5.92 Å². The Morgan fingerprint density at radius 1 is 1.08 bits per heavy atom. The van der Waals surface area contributed by atoms with Gasteiger partial charge in [-0.15, -0.1) is 5.10 Å². The first-order valence-corrected chi connectivity index (χ1v) is 13.0. The predicted octanol–water partition coefficient (Wildman–Crippen LogP) is 5.22. The van der Waals surface area contributed by atoms with E-state index < -0.39 is 0 Å². The number of hydrogen-bond acceptors (Lipinski definition) is 7. The number of nitrogen functional groups attached to an aromatic ring is 1. The second kappa shape index (κ2) is 8.05. The Balaban J connectivity index is 1.19. The molecular weight excluding hydrogens is 539 g/mol. The van der Waals surface area contributed by atoms with Crippen molar-refractivity contribution in [3.63, 3.8) is 0 Å². The van der Waals surface area contributed by atoms with E-state index in [1.54, 1.807) is 29.2 Å². The molecular formula is C27H18Cl2N8O2. The van der Waals surface area contributed by atoms with Crippen molar-refractivity contribution in [1.82, 2.24) is 34.7 Å². The van der Waals surface area contributed by atoms with Crippen molar-refractivity contribution in [1.29, 1.82) is 0 Å². The average Bonchev–Trinajstić information content (AvgIpc) is 3.28. The van der Waals surface area contributed by atoms with E-state index in [1.165, 1.54) is 0 Å². The van der Waals surface area contributed by atoms with Crippen molar-refractivity contribution >= 4 is 40.0 Å². The zero-order valence-corrected chi connectivity index (χ0v) is 21.6. The molecule has 6 aromatic rings. The van der Waals surface area contributed by atoms with Gasteiger partial charge in [-0.05, 0) is 54.3 Å². The van der Waals surface area contributed by atoms with E-state index in [2.05, 4.69) is 26.5 Å². The highest BCUT2D eigenvalue weighted by molar-refractivity contribution is 6.31. The van der Waals surface area contributed by atoms with Crippen LogP contribution in [0.2, 0.25) is 10.2 Å². The fourth-order valence-electron chi connectivity index (χ4n) is 5.82. The summed E-state index contributed by atoms with van der Waals surface area (Å²) in [5.74, 6) is 1.70. The molecule has 0 bridgehead atoms. The summed E-state index contributed by atoms with van der Waals surface area (Å²) < 4.78 is 8.76. The quantitative estimate of drug-likeness (QED) is 0.304. The number of nitrogens with two attached hydrogens (primary N) is 1. The molecule has 5 heterocycles. The molecule has 1 fully saturated rings. The Labute approximate surface area is 230 Å². The Hall–Kier alpha value is -4.41. The molecule has 8 rings (SSSR count). The number of hydrogen-bond donors (Lipinski definition) is 2. The minimum absolute atomic E-state index is 0.0984. The predicted molar refractivity (Wildman–Crippen MR) is 146 cm³/mol. The number of nitrogens with zero attached hydrogens (tertiary/aromatic N) is 6. The summed E-state index contributed by atoms with van der Waals surface area (Å²) in [6, 6.07) is 14.7. The minimum Gasteiger partial charge on any atom is -0.380 e. The first-order chi connectivity index (χ1) is 18.9. The van der Waals surface area contributed by atoms with Crippen LogP contribution in [0.25, 0.3) is 39.0 Å². The maximum atomic E-state index is 13.6. The third kappa shape index (κ3) is 3.45. The van der Waals surface area contributed by atoms with E-state index in [1.807, 2.05) is 34.9 Å². The average molecular weight is 557 g/mol. The van der Waals surface area contributed by atoms with Crippen LogP contribution < -0.4 is 11.3 Å². The molecule has 39 heavy (non-hydrogen) atoms. The molecule has 1 aliphatic heterocycles. The second-order valence-electron chi connectivity index (χ2n) is 9.94. The number of nitrogens with one attached hydrogen (secondary N) is 1. The van der Waals surface area contributed by atoms with Crippen molar-refractivity contribution in [3.05, 3.63) is 93.0 Å². The number of benzene rings is 2. The van der Waals surface area contributed by atoms with Crippen LogP contribution >= 0.6 is 23.2 Å². The van der Waals surface area contributed by atoms with Crippen LogP contribution in [-0.2, 0) is 0 Å². The van der Waals surface area contributed by atoms with Crippen LogP contribution in [-0.4, -0.2) is 34.7 Å². The van der Waals surface area contributed by atoms with Gasteiger partial charge in [-0.25, -0.2) is 9.67 Å². The zero-order valence-electron chi connectivity index (χ0n) is 20.0. The van der Waals surface area contributed by atoms with Gasteiger partial charge < -0.3 is 19.8 Å². The highest BCUT2D eigenvalue weighted by Gasteiger charge is 2.54. The first kappa shape index (κ1) is 22.6. The Bertz CT molecular complexity index is 2000. The molecule has 3 unspecified atom stereocenters. The lowest BCUT2D eigenvalue weighted by molar-refractivity contribution is 0.460. The lowest BCUT2D eigenvalue weighted by atomic mass is 10.0. The van der Waals surface area contributed by atoms with Gasteiger partial charge in [0, 0.05) is 33.8 Å². The minimum atomic E-state index is -0.169. The Kier molecular flexibility index (Phi) is 4.65. The van der Waals surface area contributed by atoms with E-state index in [-0.39, 0.29) is 22.7 Å². The van der Waals surface area contributed by atoms with E-state index in [0.717, 1.165) is 51.4 Å². The fourth-order valence-corrected chi connectivity index (χ4v) is 6.12. The van der Waals surface area contributed by atoms with E-state index in [0.29, 0.717) is 22.3 Å². The van der Waals surface area contributed by atoms with Gasteiger partial charge >= 0.3 is 0 Å². The van der Waals surface area contributed by atoms with Crippen molar-refractivity contribution in [2.45, 2.75) is 18.4 Å². The molecule has 1 aliphatic carbocycles. The second-order valence-corrected chi connectivity index (χ2v) is 10.8. The summed E-state index contributed by atoms with van der Waals surface area (Å²) in [6.07, 6.45) is 4.39. The molecule has 12 heteroatoms. The number of fused-ring (bicyclic) bond motifs is 4. The van der Waals surface area contributed by atoms with Gasteiger partial charge in [-0.2, -0.15) is 0 Å². The van der Waals surface area contributed by atoms with Crippen LogP contribution in [0.15, 0.2) is 70.2 Å². The molecule has 10 nitrogen and oxygen atoms in total. The largest absolute Gasteiger partial charge is 0.380 e. The van der Waals surface area contributed by atoms with Gasteiger partial charge in [-0.3, -0.25) is 4.79 Å². The monoisotopic (exact) mass is 556 g/mol. The van der Waals surface area contributed by atoms with Crippen LogP contribution in [0.4, 0.5) is 5.82 Å². The maximum absolute atomic E-state index is 13.6. The highest BCUT2D eigenvalue weighted by Crippen LogP contribution is 2.60. The SMILES string of the molecule is Nc1noc2cc(-c3cnc(C4C5CC5c5cc(-c6cc(Cl)ccc6-n6cc(Cl)nn6)cc(=O)n54)[nH]3)ccc12. The first-order valence-electron chi connectivity index (χ1n) is 12.3. The lowest BCUT2D eigenvalue weighted by Gasteiger charge is -2.18. The van der Waals surface area contributed by atoms with Gasteiger partial charge in [0.15, 0.2) is 16.6 Å². The summed E-state index contributed by atoms with van der Waals surface area (Å²) in [4.78, 5) is 21.8. The molecule has 2 aliphatic rings. The molecule has 0 spiro atoms. The van der Waals surface area contributed by atoms with E-state index in [9.17, 15) is 4.79 Å². The number of pyridine rings is 1. The molecule has 3 atom stereocenters. The summed E-state index contributed by atoms with van der Waals surface area (Å²) >= 11 is 12.4. The Morgan fingerprint density at radius 2 is 1.97 bits per heavy atom. The topological polar surface area (TPSA) is 133 Å². The van der Waals surface area contributed by atoms with Gasteiger partial charge in [0.05, 0.1) is 35.2 Å². The van der Waals surface area contributed by atoms with Crippen LogP contribution in [0.5, 0.6) is 0 Å². The summed E-state index contributed by atoms with van der Waals surface area (Å²) in [5, 5.41) is 13.4. The molecule has 0 radical (unpaired) electrons. The van der Waals surface area contributed by atoms with Crippen molar-refractivity contribution < 1.29 is 4.52 Å².